The molecule has 5 aliphatic rings. The molecule has 6 atom stereocenters. The van der Waals surface area contributed by atoms with Crippen molar-refractivity contribution in [3.8, 4) is 0 Å². The predicted molar refractivity (Wildman–Crippen MR) is 85.6 cm³/mol. The van der Waals surface area contributed by atoms with E-state index in [0.717, 1.165) is 10.6 Å². The van der Waals surface area contributed by atoms with Crippen LogP contribution in [-0.4, -0.2) is 23.0 Å². The normalized spacial score (nSPS) is 40.0. The highest BCUT2D eigenvalue weighted by atomic mass is 35.5. The van der Waals surface area contributed by atoms with Gasteiger partial charge in [0.05, 0.1) is 18.1 Å². The first-order chi connectivity index (χ1) is 11.1. The molecule has 23 heavy (non-hydrogen) atoms. The smallest absolute Gasteiger partial charge is 0.254 e. The third-order valence-electron chi connectivity index (χ3n) is 5.83. The summed E-state index contributed by atoms with van der Waals surface area (Å²) in [4.78, 5) is 25.4. The molecule has 4 aliphatic carbocycles. The van der Waals surface area contributed by atoms with E-state index in [0.29, 0.717) is 16.9 Å². The molecule has 1 aromatic carbocycles. The average molecular weight is 327 g/mol. The van der Waals surface area contributed by atoms with E-state index in [1.54, 1.807) is 18.3 Å². The quantitative estimate of drug-likeness (QED) is 0.476. The Balaban J connectivity index is 1.44. The minimum Gasteiger partial charge on any atom is -0.272 e. The Kier molecular flexibility index (Phi) is 2.66. The summed E-state index contributed by atoms with van der Waals surface area (Å²) in [5.41, 5.74) is 0.814. The number of imide groups is 1. The third-order valence-corrected chi connectivity index (χ3v) is 6.08. The number of hydrazone groups is 1. The molecular weight excluding hydrogens is 312 g/mol. The van der Waals surface area contributed by atoms with Crippen molar-refractivity contribution in [2.24, 2.45) is 40.6 Å². The Morgan fingerprint density at radius 3 is 2.13 bits per heavy atom. The number of hydrogen-bond donors (Lipinski definition) is 0. The second-order valence-electron chi connectivity index (χ2n) is 6.94. The molecule has 1 aromatic rings. The van der Waals surface area contributed by atoms with Gasteiger partial charge in [0, 0.05) is 5.02 Å². The van der Waals surface area contributed by atoms with Gasteiger partial charge in [-0.05, 0) is 47.8 Å². The summed E-state index contributed by atoms with van der Waals surface area (Å²) in [6.07, 6.45) is 7.05. The first kappa shape index (κ1) is 13.5. The molecule has 5 heteroatoms. The minimum atomic E-state index is -0.191. The topological polar surface area (TPSA) is 49.7 Å². The molecule has 0 N–H and O–H groups in total. The van der Waals surface area contributed by atoms with Crippen LogP contribution in [0.2, 0.25) is 5.02 Å². The largest absolute Gasteiger partial charge is 0.272 e. The van der Waals surface area contributed by atoms with Gasteiger partial charge in [0.15, 0.2) is 0 Å². The number of halogens is 1. The maximum Gasteiger partial charge on any atom is 0.254 e. The van der Waals surface area contributed by atoms with Crippen LogP contribution in [0.5, 0.6) is 0 Å². The monoisotopic (exact) mass is 326 g/mol. The molecule has 6 rings (SSSR count). The third kappa shape index (κ3) is 1.81. The first-order valence-corrected chi connectivity index (χ1v) is 8.38. The molecule has 2 amide bonds. The summed E-state index contributed by atoms with van der Waals surface area (Å²) in [7, 11) is 0. The lowest BCUT2D eigenvalue weighted by Gasteiger charge is -2.37. The van der Waals surface area contributed by atoms with Crippen LogP contribution in [-0.2, 0) is 9.59 Å². The fourth-order valence-corrected chi connectivity index (χ4v) is 4.85. The summed E-state index contributed by atoms with van der Waals surface area (Å²) in [6.45, 7) is 0. The summed E-state index contributed by atoms with van der Waals surface area (Å²) < 4.78 is 0. The molecule has 0 unspecified atom stereocenters. The van der Waals surface area contributed by atoms with E-state index in [4.69, 9.17) is 11.6 Å². The van der Waals surface area contributed by atoms with E-state index in [-0.39, 0.29) is 35.5 Å². The van der Waals surface area contributed by atoms with Gasteiger partial charge in [0.2, 0.25) is 0 Å². The van der Waals surface area contributed by atoms with Crippen molar-refractivity contribution in [1.29, 1.82) is 0 Å². The zero-order valence-corrected chi connectivity index (χ0v) is 13.1. The van der Waals surface area contributed by atoms with Gasteiger partial charge in [-0.2, -0.15) is 10.1 Å². The van der Waals surface area contributed by atoms with Gasteiger partial charge >= 0.3 is 0 Å². The highest BCUT2D eigenvalue weighted by molar-refractivity contribution is 6.30. The van der Waals surface area contributed by atoms with Crippen LogP contribution in [0.1, 0.15) is 12.0 Å². The fraction of sp³-hybridized carbons (Fsp3) is 0.389. The standard InChI is InChI=1S/C18H15ClN2O2/c19-10-3-1-9(2-4-10)8-20-21-17(22)15-11-5-6-12(14-7-13(11)14)16(15)18(21)23/h1-6,8,11-16H,7H2/t11-,12-,13-,14+,15+,16+/m0/s1. The maximum atomic E-state index is 12.7. The Labute approximate surface area is 138 Å². The second-order valence-corrected chi connectivity index (χ2v) is 7.38. The number of rotatable bonds is 2. The second kappa shape index (κ2) is 4.54. The summed E-state index contributed by atoms with van der Waals surface area (Å²) in [5.74, 6) is 1.06. The van der Waals surface area contributed by atoms with Crippen LogP contribution in [0.25, 0.3) is 0 Å². The van der Waals surface area contributed by atoms with Gasteiger partial charge in [0.25, 0.3) is 11.8 Å². The first-order valence-electron chi connectivity index (χ1n) is 8.01. The van der Waals surface area contributed by atoms with Crippen LogP contribution in [0, 0.1) is 35.5 Å². The van der Waals surface area contributed by atoms with Gasteiger partial charge in [-0.3, -0.25) is 9.59 Å². The predicted octanol–water partition coefficient (Wildman–Crippen LogP) is 2.73. The Bertz CT molecular complexity index is 734. The number of carbonyl (C=O) groups excluding carboxylic acids is 2. The molecular formula is C18H15ClN2O2. The molecule has 0 spiro atoms. The molecule has 2 bridgehead atoms. The molecule has 0 aromatic heterocycles. The Morgan fingerprint density at radius 2 is 1.57 bits per heavy atom. The molecule has 4 nitrogen and oxygen atoms in total. The molecule has 1 aliphatic heterocycles. The van der Waals surface area contributed by atoms with Crippen molar-refractivity contribution in [2.45, 2.75) is 6.42 Å². The van der Waals surface area contributed by atoms with E-state index >= 15 is 0 Å². The van der Waals surface area contributed by atoms with E-state index in [2.05, 4.69) is 17.3 Å². The van der Waals surface area contributed by atoms with Crippen molar-refractivity contribution in [2.75, 3.05) is 0 Å². The number of benzene rings is 1. The number of nitrogens with zero attached hydrogens (tertiary/aromatic N) is 2. The SMILES string of the molecule is O=C1[C@@H]2[C@H]3C=C[C@@H]([C@@H]4C[C@H]34)[C@H]2C(=O)N1N=Cc1ccc(Cl)cc1. The number of amides is 2. The molecule has 116 valence electrons. The number of hydrogen-bond acceptors (Lipinski definition) is 3. The molecule has 1 saturated heterocycles. The van der Waals surface area contributed by atoms with Gasteiger partial charge in [-0.1, -0.05) is 35.9 Å². The summed E-state index contributed by atoms with van der Waals surface area (Å²) in [6, 6.07) is 7.14. The maximum absolute atomic E-state index is 12.7. The van der Waals surface area contributed by atoms with Crippen LogP contribution >= 0.6 is 11.6 Å². The van der Waals surface area contributed by atoms with Crippen molar-refractivity contribution in [3.63, 3.8) is 0 Å². The number of allylic oxidation sites excluding steroid dienone is 2. The van der Waals surface area contributed by atoms with Gasteiger partial charge < -0.3 is 0 Å². The zero-order valence-electron chi connectivity index (χ0n) is 12.3. The van der Waals surface area contributed by atoms with Crippen molar-refractivity contribution < 1.29 is 9.59 Å². The van der Waals surface area contributed by atoms with Crippen molar-refractivity contribution in [1.82, 2.24) is 5.01 Å². The lowest BCUT2D eigenvalue weighted by molar-refractivity contribution is -0.140. The van der Waals surface area contributed by atoms with Crippen molar-refractivity contribution >= 4 is 29.6 Å². The highest BCUT2D eigenvalue weighted by Crippen LogP contribution is 2.65. The fourth-order valence-electron chi connectivity index (χ4n) is 4.73. The van der Waals surface area contributed by atoms with E-state index in [1.807, 2.05) is 12.1 Å². The van der Waals surface area contributed by atoms with Crippen LogP contribution in [0.15, 0.2) is 41.5 Å². The highest BCUT2D eigenvalue weighted by Gasteiger charge is 2.67. The molecule has 0 radical (unpaired) electrons. The van der Waals surface area contributed by atoms with Gasteiger partial charge in [-0.25, -0.2) is 0 Å². The lowest BCUT2D eigenvalue weighted by atomic mass is 9.63. The minimum absolute atomic E-state index is 0.130. The van der Waals surface area contributed by atoms with E-state index < -0.39 is 0 Å². The van der Waals surface area contributed by atoms with Crippen LogP contribution in [0.3, 0.4) is 0 Å². The summed E-state index contributed by atoms with van der Waals surface area (Å²) in [5, 5.41) is 5.93. The lowest BCUT2D eigenvalue weighted by Crippen LogP contribution is -2.40. The molecule has 1 heterocycles. The number of carbonyl (C=O) groups is 2. The molecule has 2 saturated carbocycles. The van der Waals surface area contributed by atoms with Crippen LogP contribution in [0.4, 0.5) is 0 Å². The Morgan fingerprint density at radius 1 is 1.00 bits per heavy atom. The van der Waals surface area contributed by atoms with Crippen molar-refractivity contribution in [3.05, 3.63) is 47.0 Å². The zero-order chi connectivity index (χ0) is 15.7. The summed E-state index contributed by atoms with van der Waals surface area (Å²) >= 11 is 5.85. The van der Waals surface area contributed by atoms with Gasteiger partial charge in [-0.15, -0.1) is 0 Å². The van der Waals surface area contributed by atoms with E-state index in [1.165, 1.54) is 6.42 Å². The average Bonchev–Trinajstić information content (AvgIpc) is 3.33. The van der Waals surface area contributed by atoms with Crippen LogP contribution < -0.4 is 0 Å². The Hall–Kier alpha value is -1.94. The van der Waals surface area contributed by atoms with Gasteiger partial charge in [0.1, 0.15) is 0 Å². The van der Waals surface area contributed by atoms with E-state index in [9.17, 15) is 9.59 Å². The molecule has 3 fully saturated rings.